The topological polar surface area (TPSA) is 70.6 Å². The summed E-state index contributed by atoms with van der Waals surface area (Å²) in [6, 6.07) is 0. The van der Waals surface area contributed by atoms with Crippen LogP contribution >= 0.6 is 0 Å². The van der Waals surface area contributed by atoms with E-state index in [4.69, 9.17) is 9.84 Å². The van der Waals surface area contributed by atoms with Gasteiger partial charge in [-0.3, -0.25) is 4.79 Å². The third kappa shape index (κ3) is 4.26. The quantitative estimate of drug-likeness (QED) is 0.504. The first-order valence-corrected chi connectivity index (χ1v) is 6.45. The third-order valence-corrected chi connectivity index (χ3v) is 3.43. The highest BCUT2D eigenvalue weighted by Gasteiger charge is 2.38. The van der Waals surface area contributed by atoms with Crippen molar-refractivity contribution in [2.45, 2.75) is 31.2 Å². The van der Waals surface area contributed by atoms with Gasteiger partial charge in [0, 0.05) is 26.3 Å². The van der Waals surface area contributed by atoms with E-state index in [2.05, 4.69) is 10.6 Å². The van der Waals surface area contributed by atoms with Gasteiger partial charge < -0.3 is 20.5 Å². The summed E-state index contributed by atoms with van der Waals surface area (Å²) in [6.07, 6.45) is 3.80. The van der Waals surface area contributed by atoms with Crippen LogP contribution in [-0.2, 0) is 9.53 Å². The van der Waals surface area contributed by atoms with Crippen LogP contribution in [0, 0.1) is 5.92 Å². The first kappa shape index (κ1) is 12.8. The molecule has 3 N–H and O–H groups in total. The number of hydrogen-bond donors (Lipinski definition) is 3. The lowest BCUT2D eigenvalue weighted by atomic mass is 9.88. The summed E-state index contributed by atoms with van der Waals surface area (Å²) in [6.45, 7) is 4.02. The lowest BCUT2D eigenvalue weighted by Crippen LogP contribution is -2.68. The lowest BCUT2D eigenvalue weighted by Gasteiger charge is -2.42. The number of rotatable bonds is 9. The molecule has 1 saturated heterocycles. The van der Waals surface area contributed by atoms with Gasteiger partial charge in [-0.1, -0.05) is 0 Å². The molecule has 0 radical (unpaired) electrons. The normalized spacial score (nSPS) is 22.1. The Morgan fingerprint density at radius 2 is 2.24 bits per heavy atom. The van der Waals surface area contributed by atoms with E-state index in [1.807, 2.05) is 0 Å². The van der Waals surface area contributed by atoms with Crippen LogP contribution in [-0.4, -0.2) is 49.5 Å². The summed E-state index contributed by atoms with van der Waals surface area (Å²) in [5.41, 5.74) is -0.220. The van der Waals surface area contributed by atoms with Gasteiger partial charge in [0.05, 0.1) is 12.0 Å². The van der Waals surface area contributed by atoms with Crippen LogP contribution in [0.15, 0.2) is 0 Å². The molecule has 17 heavy (non-hydrogen) atoms. The summed E-state index contributed by atoms with van der Waals surface area (Å²) in [5.74, 6) is 0.0844. The van der Waals surface area contributed by atoms with E-state index < -0.39 is 5.97 Å². The standard InChI is InChI=1S/C12H22N2O3/c15-11(16)6-12(8-13-9-12)14-4-1-5-17-7-10-2-3-10/h10,13-14H,1-9H2,(H,15,16). The molecule has 0 aromatic heterocycles. The molecule has 2 fully saturated rings. The van der Waals surface area contributed by atoms with E-state index in [0.717, 1.165) is 45.2 Å². The number of carboxylic acids is 1. The molecule has 5 heteroatoms. The van der Waals surface area contributed by atoms with Crippen molar-refractivity contribution in [2.75, 3.05) is 32.8 Å². The number of carbonyl (C=O) groups is 1. The van der Waals surface area contributed by atoms with Gasteiger partial charge in [0.25, 0.3) is 0 Å². The Labute approximate surface area is 102 Å². The van der Waals surface area contributed by atoms with Crippen molar-refractivity contribution in [2.24, 2.45) is 5.92 Å². The smallest absolute Gasteiger partial charge is 0.305 e. The number of ether oxygens (including phenoxy) is 1. The monoisotopic (exact) mass is 242 g/mol. The van der Waals surface area contributed by atoms with Gasteiger partial charge in [0.15, 0.2) is 0 Å². The minimum absolute atomic E-state index is 0.197. The molecule has 1 saturated carbocycles. The second-order valence-corrected chi connectivity index (χ2v) is 5.25. The minimum Gasteiger partial charge on any atom is -0.481 e. The summed E-state index contributed by atoms with van der Waals surface area (Å²) in [5, 5.41) is 15.3. The fraction of sp³-hybridized carbons (Fsp3) is 0.917. The molecule has 0 bridgehead atoms. The van der Waals surface area contributed by atoms with Crippen molar-refractivity contribution in [1.82, 2.24) is 10.6 Å². The molecule has 1 heterocycles. The van der Waals surface area contributed by atoms with Crippen molar-refractivity contribution >= 4 is 5.97 Å². The lowest BCUT2D eigenvalue weighted by molar-refractivity contribution is -0.139. The highest BCUT2D eigenvalue weighted by atomic mass is 16.5. The van der Waals surface area contributed by atoms with Gasteiger partial charge in [-0.15, -0.1) is 0 Å². The summed E-state index contributed by atoms with van der Waals surface area (Å²) >= 11 is 0. The summed E-state index contributed by atoms with van der Waals surface area (Å²) in [4.78, 5) is 10.7. The third-order valence-electron chi connectivity index (χ3n) is 3.43. The van der Waals surface area contributed by atoms with Gasteiger partial charge in [0.2, 0.25) is 0 Å². The highest BCUT2D eigenvalue weighted by molar-refractivity contribution is 5.68. The zero-order valence-electron chi connectivity index (χ0n) is 10.2. The molecule has 0 unspecified atom stereocenters. The maximum absolute atomic E-state index is 10.7. The molecule has 2 rings (SSSR count). The molecule has 0 spiro atoms. The van der Waals surface area contributed by atoms with E-state index in [0.29, 0.717) is 0 Å². The molecule has 98 valence electrons. The highest BCUT2D eigenvalue weighted by Crippen LogP contribution is 2.28. The van der Waals surface area contributed by atoms with E-state index in [-0.39, 0.29) is 12.0 Å². The van der Waals surface area contributed by atoms with Crippen LogP contribution in [0.3, 0.4) is 0 Å². The Morgan fingerprint density at radius 3 is 2.76 bits per heavy atom. The predicted octanol–water partition coefficient (Wildman–Crippen LogP) is 0.209. The fourth-order valence-electron chi connectivity index (χ4n) is 2.09. The molecule has 0 aromatic carbocycles. The number of carboxylic acid groups (broad SMARTS) is 1. The maximum Gasteiger partial charge on any atom is 0.305 e. The number of hydrogen-bond acceptors (Lipinski definition) is 4. The van der Waals surface area contributed by atoms with Crippen LogP contribution in [0.1, 0.15) is 25.7 Å². The van der Waals surface area contributed by atoms with Crippen LogP contribution in [0.25, 0.3) is 0 Å². The summed E-state index contributed by atoms with van der Waals surface area (Å²) < 4.78 is 5.53. The second kappa shape index (κ2) is 5.80. The molecule has 1 aliphatic carbocycles. The van der Waals surface area contributed by atoms with Gasteiger partial charge in [-0.2, -0.15) is 0 Å². The molecule has 5 nitrogen and oxygen atoms in total. The molecular weight excluding hydrogens is 220 g/mol. The van der Waals surface area contributed by atoms with Crippen molar-refractivity contribution in [3.63, 3.8) is 0 Å². The summed E-state index contributed by atoms with van der Waals surface area (Å²) in [7, 11) is 0. The average Bonchev–Trinajstić information content (AvgIpc) is 3.02. The van der Waals surface area contributed by atoms with Gasteiger partial charge in [-0.25, -0.2) is 0 Å². The predicted molar refractivity (Wildman–Crippen MR) is 64.0 cm³/mol. The zero-order chi connectivity index (χ0) is 12.1. The Bertz CT molecular complexity index is 262. The van der Waals surface area contributed by atoms with Crippen molar-refractivity contribution < 1.29 is 14.6 Å². The minimum atomic E-state index is -0.732. The van der Waals surface area contributed by atoms with Crippen LogP contribution in [0.2, 0.25) is 0 Å². The molecule has 0 amide bonds. The van der Waals surface area contributed by atoms with E-state index >= 15 is 0 Å². The molecule has 0 atom stereocenters. The second-order valence-electron chi connectivity index (χ2n) is 5.25. The van der Waals surface area contributed by atoms with Crippen LogP contribution in [0.5, 0.6) is 0 Å². The molecule has 0 aromatic rings. The van der Waals surface area contributed by atoms with E-state index in [1.54, 1.807) is 0 Å². The average molecular weight is 242 g/mol. The van der Waals surface area contributed by atoms with E-state index in [9.17, 15) is 4.79 Å². The Balaban J connectivity index is 1.51. The first-order valence-electron chi connectivity index (χ1n) is 6.45. The van der Waals surface area contributed by atoms with Crippen molar-refractivity contribution in [3.05, 3.63) is 0 Å². The van der Waals surface area contributed by atoms with Gasteiger partial charge >= 0.3 is 5.97 Å². The van der Waals surface area contributed by atoms with Crippen LogP contribution < -0.4 is 10.6 Å². The van der Waals surface area contributed by atoms with Gasteiger partial charge in [0.1, 0.15) is 0 Å². The number of nitrogens with one attached hydrogen (secondary N) is 2. The van der Waals surface area contributed by atoms with Crippen molar-refractivity contribution in [3.8, 4) is 0 Å². The van der Waals surface area contributed by atoms with Crippen molar-refractivity contribution in [1.29, 1.82) is 0 Å². The Morgan fingerprint density at radius 1 is 1.47 bits per heavy atom. The SMILES string of the molecule is O=C(O)CC1(NCCCOCC2CC2)CNC1. The van der Waals surface area contributed by atoms with Gasteiger partial charge in [-0.05, 0) is 31.7 Å². The first-order chi connectivity index (χ1) is 8.20. The zero-order valence-corrected chi connectivity index (χ0v) is 10.2. The molecule has 2 aliphatic rings. The Kier molecular flexibility index (Phi) is 4.36. The Hall–Kier alpha value is -0.650. The maximum atomic E-state index is 10.7. The fourth-order valence-corrected chi connectivity index (χ4v) is 2.09. The van der Waals surface area contributed by atoms with Crippen LogP contribution in [0.4, 0.5) is 0 Å². The molecular formula is C12H22N2O3. The molecule has 1 aliphatic heterocycles. The number of aliphatic carboxylic acids is 1. The van der Waals surface area contributed by atoms with E-state index in [1.165, 1.54) is 12.8 Å². The largest absolute Gasteiger partial charge is 0.481 e.